The van der Waals surface area contributed by atoms with Gasteiger partial charge in [0.15, 0.2) is 11.9 Å². The molecule has 0 bridgehead atoms. The lowest BCUT2D eigenvalue weighted by atomic mass is 10.1. The van der Waals surface area contributed by atoms with E-state index < -0.39 is 24.9 Å². The Morgan fingerprint density at radius 2 is 2.25 bits per heavy atom. The van der Waals surface area contributed by atoms with Crippen molar-refractivity contribution < 1.29 is 20.1 Å². The van der Waals surface area contributed by atoms with Gasteiger partial charge in [0.25, 0.3) is 0 Å². The zero-order valence-electron chi connectivity index (χ0n) is 6.21. The first kappa shape index (κ1) is 9.00. The summed E-state index contributed by atoms with van der Waals surface area (Å²) < 4.78 is 4.81. The molecule has 0 fully saturated rings. The van der Waals surface area contributed by atoms with E-state index in [1.807, 2.05) is 0 Å². The van der Waals surface area contributed by atoms with Crippen molar-refractivity contribution in [3.63, 3.8) is 0 Å². The molecule has 5 nitrogen and oxygen atoms in total. The highest BCUT2D eigenvalue weighted by atomic mass is 16.5. The maximum atomic E-state index is 9.16. The van der Waals surface area contributed by atoms with Crippen molar-refractivity contribution in [2.75, 3.05) is 6.61 Å². The molecular formula is C7H9NO4. The molecule has 0 spiro atoms. The predicted molar refractivity (Wildman–Crippen MR) is 37.7 cm³/mol. The van der Waals surface area contributed by atoms with E-state index in [2.05, 4.69) is 0 Å². The molecule has 0 unspecified atom stereocenters. The first-order valence-corrected chi connectivity index (χ1v) is 3.44. The number of hydrogen-bond acceptors (Lipinski definition) is 5. The van der Waals surface area contributed by atoms with Crippen LogP contribution in [0.2, 0.25) is 0 Å². The Morgan fingerprint density at radius 1 is 1.58 bits per heavy atom. The van der Waals surface area contributed by atoms with Crippen molar-refractivity contribution >= 4 is 0 Å². The third-order valence-corrected chi connectivity index (χ3v) is 1.62. The van der Waals surface area contributed by atoms with E-state index >= 15 is 0 Å². The van der Waals surface area contributed by atoms with Gasteiger partial charge in [0.2, 0.25) is 0 Å². The van der Waals surface area contributed by atoms with Crippen LogP contribution in [0.4, 0.5) is 0 Å². The third-order valence-electron chi connectivity index (χ3n) is 1.62. The van der Waals surface area contributed by atoms with Crippen LogP contribution in [0.25, 0.3) is 0 Å². The third kappa shape index (κ3) is 1.56. The zero-order chi connectivity index (χ0) is 9.14. The Balaban J connectivity index is 2.77. The largest absolute Gasteiger partial charge is 0.475 e. The van der Waals surface area contributed by atoms with Crippen LogP contribution < -0.4 is 0 Å². The number of ether oxygens (including phenoxy) is 1. The van der Waals surface area contributed by atoms with Gasteiger partial charge in [-0.05, 0) is 6.08 Å². The van der Waals surface area contributed by atoms with Crippen LogP contribution in [0.15, 0.2) is 11.8 Å². The van der Waals surface area contributed by atoms with Gasteiger partial charge in [-0.15, -0.1) is 0 Å². The van der Waals surface area contributed by atoms with Crippen LogP contribution in [-0.4, -0.2) is 40.2 Å². The average Bonchev–Trinajstić information content (AvgIpc) is 2.09. The molecule has 0 aromatic heterocycles. The molecule has 1 rings (SSSR count). The van der Waals surface area contributed by atoms with Crippen molar-refractivity contribution in [2.45, 2.75) is 18.3 Å². The molecule has 1 heterocycles. The van der Waals surface area contributed by atoms with Gasteiger partial charge in [-0.1, -0.05) is 0 Å². The van der Waals surface area contributed by atoms with Gasteiger partial charge in [-0.3, -0.25) is 0 Å². The zero-order valence-corrected chi connectivity index (χ0v) is 6.21. The van der Waals surface area contributed by atoms with Crippen molar-refractivity contribution in [3.8, 4) is 6.07 Å². The Morgan fingerprint density at radius 3 is 2.75 bits per heavy atom. The molecule has 0 aromatic carbocycles. The highest BCUT2D eigenvalue weighted by Gasteiger charge is 2.31. The molecule has 0 aromatic rings. The molecule has 0 saturated heterocycles. The van der Waals surface area contributed by atoms with Crippen molar-refractivity contribution in [1.29, 1.82) is 5.26 Å². The van der Waals surface area contributed by atoms with E-state index in [9.17, 15) is 0 Å². The Hall–Kier alpha value is -1.09. The van der Waals surface area contributed by atoms with E-state index in [1.54, 1.807) is 6.07 Å². The highest BCUT2D eigenvalue weighted by Crippen LogP contribution is 2.16. The number of allylic oxidation sites excluding steroid dienone is 1. The number of nitriles is 1. The molecule has 5 heteroatoms. The molecule has 1 aliphatic rings. The minimum absolute atomic E-state index is 0.0770. The second-order valence-corrected chi connectivity index (χ2v) is 2.46. The SMILES string of the molecule is N#CC1=C[C@@H](O)[C@@H](O)[C@@H](CO)O1. The van der Waals surface area contributed by atoms with Crippen molar-refractivity contribution in [3.05, 3.63) is 11.8 Å². The predicted octanol–water partition coefficient (Wildman–Crippen LogP) is -1.49. The number of aliphatic hydroxyl groups is 3. The first-order chi connectivity index (χ1) is 5.69. The molecule has 12 heavy (non-hydrogen) atoms. The molecule has 0 radical (unpaired) electrons. The minimum Gasteiger partial charge on any atom is -0.475 e. The maximum absolute atomic E-state index is 9.16. The summed E-state index contributed by atoms with van der Waals surface area (Å²) in [6, 6.07) is 1.68. The van der Waals surface area contributed by atoms with Crippen LogP contribution in [0.1, 0.15) is 0 Å². The number of hydrogen-bond donors (Lipinski definition) is 3. The van der Waals surface area contributed by atoms with Gasteiger partial charge in [0.05, 0.1) is 6.61 Å². The smallest absolute Gasteiger partial charge is 0.196 e. The summed E-state index contributed by atoms with van der Waals surface area (Å²) in [6.45, 7) is -0.433. The topological polar surface area (TPSA) is 93.7 Å². The standard InChI is InChI=1S/C7H9NO4/c8-2-4-1-5(10)7(11)6(3-9)12-4/h1,5-7,9-11H,3H2/t5-,6-,7-/m1/s1. The van der Waals surface area contributed by atoms with Gasteiger partial charge < -0.3 is 20.1 Å². The summed E-state index contributed by atoms with van der Waals surface area (Å²) in [4.78, 5) is 0. The summed E-state index contributed by atoms with van der Waals surface area (Å²) in [6.07, 6.45) is -2.13. The summed E-state index contributed by atoms with van der Waals surface area (Å²) in [5.74, 6) is -0.0770. The number of rotatable bonds is 1. The molecule has 0 saturated carbocycles. The molecule has 1 aliphatic heterocycles. The van der Waals surface area contributed by atoms with Gasteiger partial charge in [-0.25, -0.2) is 0 Å². The normalized spacial score (nSPS) is 34.8. The van der Waals surface area contributed by atoms with Crippen LogP contribution in [0.3, 0.4) is 0 Å². The second kappa shape index (κ2) is 3.54. The fourth-order valence-corrected chi connectivity index (χ4v) is 0.955. The Bertz CT molecular complexity index is 232. The molecular weight excluding hydrogens is 162 g/mol. The van der Waals surface area contributed by atoms with Crippen LogP contribution in [-0.2, 0) is 4.74 Å². The summed E-state index contributed by atoms with van der Waals surface area (Å²) in [7, 11) is 0. The van der Waals surface area contributed by atoms with Gasteiger partial charge in [-0.2, -0.15) is 5.26 Å². The fourth-order valence-electron chi connectivity index (χ4n) is 0.955. The van der Waals surface area contributed by atoms with Gasteiger partial charge in [0.1, 0.15) is 18.3 Å². The summed E-state index contributed by atoms with van der Waals surface area (Å²) in [5.41, 5.74) is 0. The van der Waals surface area contributed by atoms with Gasteiger partial charge in [0, 0.05) is 0 Å². The van der Waals surface area contributed by atoms with Crippen LogP contribution in [0.5, 0.6) is 0 Å². The summed E-state index contributed by atoms with van der Waals surface area (Å²) >= 11 is 0. The lowest BCUT2D eigenvalue weighted by Crippen LogP contribution is -2.43. The average molecular weight is 171 g/mol. The molecule has 3 atom stereocenters. The monoisotopic (exact) mass is 171 g/mol. The van der Waals surface area contributed by atoms with Crippen molar-refractivity contribution in [2.24, 2.45) is 0 Å². The first-order valence-electron chi connectivity index (χ1n) is 3.44. The van der Waals surface area contributed by atoms with Gasteiger partial charge >= 0.3 is 0 Å². The van der Waals surface area contributed by atoms with E-state index in [4.69, 9.17) is 25.3 Å². The summed E-state index contributed by atoms with van der Waals surface area (Å²) in [5, 5.41) is 35.3. The molecule has 0 aliphatic carbocycles. The highest BCUT2D eigenvalue weighted by molar-refractivity contribution is 5.19. The molecule has 0 amide bonds. The number of nitrogens with zero attached hydrogens (tertiary/aromatic N) is 1. The second-order valence-electron chi connectivity index (χ2n) is 2.46. The minimum atomic E-state index is -1.17. The quantitative estimate of drug-likeness (QED) is 0.446. The fraction of sp³-hybridized carbons (Fsp3) is 0.571. The lowest BCUT2D eigenvalue weighted by Gasteiger charge is -2.28. The van der Waals surface area contributed by atoms with E-state index in [-0.39, 0.29) is 5.76 Å². The maximum Gasteiger partial charge on any atom is 0.196 e. The van der Waals surface area contributed by atoms with Crippen LogP contribution >= 0.6 is 0 Å². The van der Waals surface area contributed by atoms with E-state index in [1.165, 1.54) is 0 Å². The van der Waals surface area contributed by atoms with E-state index in [0.717, 1.165) is 6.08 Å². The van der Waals surface area contributed by atoms with Crippen LogP contribution in [0, 0.1) is 11.3 Å². The number of aliphatic hydroxyl groups excluding tert-OH is 3. The molecule has 3 N–H and O–H groups in total. The van der Waals surface area contributed by atoms with Crippen molar-refractivity contribution in [1.82, 2.24) is 0 Å². The Labute approximate surface area is 69.1 Å². The molecule has 66 valence electrons. The Kier molecular flexibility index (Phi) is 2.65. The van der Waals surface area contributed by atoms with E-state index in [0.29, 0.717) is 0 Å². The lowest BCUT2D eigenvalue weighted by molar-refractivity contribution is -0.0870.